The number of hydrogen-bond donors (Lipinski definition) is 0. The molecule has 1 heterocycles. The summed E-state index contributed by atoms with van der Waals surface area (Å²) in [4.78, 5) is 12.0. The van der Waals surface area contributed by atoms with Gasteiger partial charge in [0.1, 0.15) is 52.7 Å². The normalized spacial score (nSPS) is 12.1. The minimum Gasteiger partial charge on any atom is -0.287 e. The van der Waals surface area contributed by atoms with Crippen molar-refractivity contribution in [3.63, 3.8) is 0 Å². The Morgan fingerprint density at radius 2 is 0.574 bits per heavy atom. The molecule has 29 heteroatoms. The minimum absolute atomic E-state index is 0.00750. The molecule has 6 aromatic rings. The zero-order valence-electron chi connectivity index (χ0n) is 31.6. The van der Waals surface area contributed by atoms with Gasteiger partial charge < -0.3 is 0 Å². The monoisotopic (exact) mass is 1010 g/mol. The predicted molar refractivity (Wildman–Crippen MR) is 177 cm³/mol. The third-order valence-electron chi connectivity index (χ3n) is 9.72. The molecule has 0 amide bonds. The van der Waals surface area contributed by atoms with E-state index in [1.807, 2.05) is 0 Å². The number of pyridine rings is 1. The minimum atomic E-state index is -7.22. The van der Waals surface area contributed by atoms with Crippen LogP contribution < -0.4 is 26.4 Å². The molecule has 1 aromatic heterocycles. The number of hydrogen-bond acceptors (Lipinski definition) is 1. The van der Waals surface area contributed by atoms with Gasteiger partial charge in [-0.1, -0.05) is 6.07 Å². The lowest BCUT2D eigenvalue weighted by Gasteiger charge is -2.44. The first kappa shape index (κ1) is 52.1. The highest BCUT2D eigenvalue weighted by molar-refractivity contribution is 7.20. The molecule has 0 bridgehead atoms. The van der Waals surface area contributed by atoms with Crippen LogP contribution >= 0.6 is 0 Å². The van der Waals surface area contributed by atoms with Crippen molar-refractivity contribution in [2.75, 3.05) is 0 Å². The van der Waals surface area contributed by atoms with E-state index < -0.39 is 179 Å². The third-order valence-corrected chi connectivity index (χ3v) is 9.72. The van der Waals surface area contributed by atoms with E-state index in [-0.39, 0.29) is 12.6 Å². The number of ketones is 1. The lowest BCUT2D eigenvalue weighted by molar-refractivity contribution is -0.683. The van der Waals surface area contributed by atoms with Gasteiger partial charge in [-0.05, 0) is 18.2 Å². The van der Waals surface area contributed by atoms with Crippen LogP contribution in [-0.4, -0.2) is 11.9 Å². The first-order chi connectivity index (χ1) is 31.3. The number of benzene rings is 5. The molecule has 68 heavy (non-hydrogen) atoms. The Hall–Kier alpha value is -6.84. The predicted octanol–water partition coefficient (Wildman–Crippen LogP) is 9.74. The van der Waals surface area contributed by atoms with Crippen molar-refractivity contribution >= 4 is 33.8 Å². The molecule has 0 radical (unpaired) electrons. The molecule has 0 fully saturated rings. The molecule has 2 nitrogen and oxygen atoms in total. The van der Waals surface area contributed by atoms with Crippen LogP contribution in [0, 0.1) is 116 Å². The maximum Gasteiger partial charge on any atom is 0.416 e. The van der Waals surface area contributed by atoms with Crippen molar-refractivity contribution < 1.29 is 124 Å². The van der Waals surface area contributed by atoms with Crippen molar-refractivity contribution in [1.82, 2.24) is 0 Å². The first-order valence-electron chi connectivity index (χ1n) is 17.3. The fourth-order valence-corrected chi connectivity index (χ4v) is 6.79. The Balaban J connectivity index is 0.000000314. The molecule has 0 aliphatic rings. The number of aromatic nitrogens is 1. The second kappa shape index (κ2) is 18.3. The highest BCUT2D eigenvalue weighted by Crippen LogP contribution is 2.37. The number of Topliss-reactive ketones (excluding diaryl/α,β-unsaturated/α-hetero) is 1. The molecule has 0 aliphatic heterocycles. The molecule has 0 atom stereocenters. The smallest absolute Gasteiger partial charge is 0.287 e. The molecule has 0 unspecified atom stereocenters. The fourth-order valence-electron chi connectivity index (χ4n) is 6.79. The Morgan fingerprint density at radius 1 is 0.353 bits per heavy atom. The van der Waals surface area contributed by atoms with Gasteiger partial charge >= 0.3 is 12.4 Å². The molecule has 0 saturated heterocycles. The van der Waals surface area contributed by atoms with Crippen LogP contribution in [0.2, 0.25) is 0 Å². The van der Waals surface area contributed by atoms with E-state index in [9.17, 15) is 83.8 Å². The van der Waals surface area contributed by atoms with Gasteiger partial charge in [0.25, 0.3) is 0 Å². The Morgan fingerprint density at radius 3 is 0.794 bits per heavy atom. The highest BCUT2D eigenvalue weighted by atomic mass is 19.4. The Bertz CT molecular complexity index is 2610. The van der Waals surface area contributed by atoms with E-state index in [2.05, 4.69) is 0 Å². The number of halogens is 26. The molecule has 0 aliphatic carbocycles. The standard InChI is InChI=1S/C24BF20.C15H10F6NO/c26-5-1(6(27)14(35)21(42)13(5)34)25(2-7(28)15(36)22(43)16(37)8(2)29,3-9(30)17(38)23(44)18(39)10(3)31)4-11(32)19(40)24(45)20(41)12(4)33;16-14(17,18)11-6-10(7-12(8-11)15(19,20)21)13(23)9-22-4-2-1-3-5-22/h;1-8H,9H2/q-1;+1. The summed E-state index contributed by atoms with van der Waals surface area (Å²) in [6.45, 7) is -0.362. The zero-order chi connectivity index (χ0) is 51.6. The van der Waals surface area contributed by atoms with Crippen LogP contribution in [0.4, 0.5) is 114 Å². The van der Waals surface area contributed by atoms with Gasteiger partial charge in [-0.25, -0.2) is 87.8 Å². The van der Waals surface area contributed by atoms with Crippen LogP contribution in [0.3, 0.4) is 0 Å². The van der Waals surface area contributed by atoms with Crippen LogP contribution in [-0.2, 0) is 18.9 Å². The van der Waals surface area contributed by atoms with E-state index in [1.54, 1.807) is 18.2 Å². The topological polar surface area (TPSA) is 20.9 Å². The van der Waals surface area contributed by atoms with Crippen molar-refractivity contribution in [1.29, 1.82) is 0 Å². The lowest BCUT2D eigenvalue weighted by atomic mass is 9.12. The van der Waals surface area contributed by atoms with Crippen LogP contribution in [0.5, 0.6) is 0 Å². The molecule has 6 rings (SSSR count). The van der Waals surface area contributed by atoms with Crippen molar-refractivity contribution in [2.45, 2.75) is 18.9 Å². The van der Waals surface area contributed by atoms with Crippen LogP contribution in [0.1, 0.15) is 21.5 Å². The van der Waals surface area contributed by atoms with Crippen molar-refractivity contribution in [3.05, 3.63) is 182 Å². The number of nitrogens with zero attached hydrogens (tertiary/aromatic N) is 1. The summed E-state index contributed by atoms with van der Waals surface area (Å²) in [7, 11) is 0. The van der Waals surface area contributed by atoms with Crippen LogP contribution in [0.25, 0.3) is 0 Å². The van der Waals surface area contributed by atoms with E-state index in [4.69, 9.17) is 0 Å². The number of carbonyl (C=O) groups is 1. The second-order valence-corrected chi connectivity index (χ2v) is 13.6. The van der Waals surface area contributed by atoms with E-state index in [0.29, 0.717) is 12.1 Å². The van der Waals surface area contributed by atoms with Crippen molar-refractivity contribution in [2.24, 2.45) is 0 Å². The molecular weight excluding hydrogens is 1000 g/mol. The molecule has 0 N–H and O–H groups in total. The summed E-state index contributed by atoms with van der Waals surface area (Å²) in [5.74, 6) is -72.3. The second-order valence-electron chi connectivity index (χ2n) is 13.6. The first-order valence-corrected chi connectivity index (χ1v) is 17.3. The molecule has 362 valence electrons. The zero-order valence-corrected chi connectivity index (χ0v) is 31.6. The van der Waals surface area contributed by atoms with Gasteiger partial charge in [0.05, 0.1) is 11.1 Å². The van der Waals surface area contributed by atoms with Gasteiger partial charge in [-0.15, -0.1) is 21.9 Å². The summed E-state index contributed by atoms with van der Waals surface area (Å²) >= 11 is 0. The molecule has 0 saturated carbocycles. The molecule has 0 spiro atoms. The summed E-state index contributed by atoms with van der Waals surface area (Å²) < 4.78 is 372. The summed E-state index contributed by atoms with van der Waals surface area (Å²) in [6, 6.07) is 5.68. The number of carbonyl (C=O) groups excluding carboxylic acids is 1. The van der Waals surface area contributed by atoms with Gasteiger partial charge in [0.15, 0.2) is 82.2 Å². The maximum absolute atomic E-state index is 15.4. The third kappa shape index (κ3) is 8.53. The van der Waals surface area contributed by atoms with Gasteiger partial charge in [-0.2, -0.15) is 30.9 Å². The summed E-state index contributed by atoms with van der Waals surface area (Å²) in [5.41, 5.74) is -18.0. The molecular formula is C39H10BF26NO. The number of rotatable bonds is 7. The van der Waals surface area contributed by atoms with E-state index in [1.165, 1.54) is 17.0 Å². The van der Waals surface area contributed by atoms with Gasteiger partial charge in [-0.3, -0.25) is 4.79 Å². The highest BCUT2D eigenvalue weighted by Gasteiger charge is 2.52. The summed E-state index contributed by atoms with van der Waals surface area (Å²) in [6.07, 6.45) is -14.2. The van der Waals surface area contributed by atoms with Gasteiger partial charge in [0.2, 0.25) is 12.3 Å². The van der Waals surface area contributed by atoms with Crippen LogP contribution in [0.15, 0.2) is 48.8 Å². The van der Waals surface area contributed by atoms with E-state index >= 15 is 35.1 Å². The van der Waals surface area contributed by atoms with Gasteiger partial charge in [0, 0.05) is 17.7 Å². The fraction of sp³-hybridized carbons (Fsp3) is 0.0769. The lowest BCUT2D eigenvalue weighted by Crippen LogP contribution is -2.81. The SMILES string of the molecule is Fc1c(F)c(F)c([B-](c2c(F)c(F)c(F)c(F)c2F)(c2c(F)c(F)c(F)c(F)c2F)c2c(F)c(F)c(F)c(F)c2F)c(F)c1F.O=C(C[n+]1ccccc1)c1cc(C(F)(F)F)cc(C(F)(F)F)c1. The molecule has 5 aromatic carbocycles. The quantitative estimate of drug-likeness (QED) is 0.0390. The van der Waals surface area contributed by atoms with Crippen molar-refractivity contribution in [3.8, 4) is 0 Å². The maximum atomic E-state index is 15.4. The average molecular weight is 1010 g/mol. The Kier molecular flexibility index (Phi) is 14.1. The Labute approximate surface area is 358 Å². The van der Waals surface area contributed by atoms with E-state index in [0.717, 1.165) is 0 Å². The largest absolute Gasteiger partial charge is 0.416 e. The average Bonchev–Trinajstić information content (AvgIpc) is 3.28. The number of alkyl halides is 6. The summed E-state index contributed by atoms with van der Waals surface area (Å²) in [5, 5.41) is 0.